The SMILES string of the molecule is CCNC(c1cccnc1C)c1cccc2cccnc12. The van der Waals surface area contributed by atoms with Gasteiger partial charge >= 0.3 is 0 Å². The summed E-state index contributed by atoms with van der Waals surface area (Å²) in [7, 11) is 0. The molecule has 2 heterocycles. The molecular weight excluding hydrogens is 258 g/mol. The van der Waals surface area contributed by atoms with Crippen LogP contribution in [-0.4, -0.2) is 16.5 Å². The third kappa shape index (κ3) is 2.65. The number of pyridine rings is 2. The Labute approximate surface area is 125 Å². The molecule has 21 heavy (non-hydrogen) atoms. The molecular formula is C18H19N3. The van der Waals surface area contributed by atoms with Gasteiger partial charge in [0.2, 0.25) is 0 Å². The lowest BCUT2D eigenvalue weighted by Crippen LogP contribution is -2.23. The first kappa shape index (κ1) is 13.7. The second kappa shape index (κ2) is 6.02. The molecule has 0 spiro atoms. The third-order valence-corrected chi connectivity index (χ3v) is 3.74. The molecule has 106 valence electrons. The van der Waals surface area contributed by atoms with Gasteiger partial charge in [-0.05, 0) is 36.7 Å². The van der Waals surface area contributed by atoms with Crippen molar-refractivity contribution in [2.45, 2.75) is 19.9 Å². The number of hydrogen-bond acceptors (Lipinski definition) is 3. The van der Waals surface area contributed by atoms with Crippen molar-refractivity contribution in [3.8, 4) is 0 Å². The molecule has 1 aromatic carbocycles. The highest BCUT2D eigenvalue weighted by Gasteiger charge is 2.18. The van der Waals surface area contributed by atoms with Crippen LogP contribution in [0.3, 0.4) is 0 Å². The second-order valence-corrected chi connectivity index (χ2v) is 5.09. The third-order valence-electron chi connectivity index (χ3n) is 3.74. The summed E-state index contributed by atoms with van der Waals surface area (Å²) in [4.78, 5) is 9.01. The summed E-state index contributed by atoms with van der Waals surface area (Å²) in [6.45, 7) is 5.07. The van der Waals surface area contributed by atoms with Crippen molar-refractivity contribution in [1.82, 2.24) is 15.3 Å². The Bertz CT molecular complexity index is 747. The van der Waals surface area contributed by atoms with Gasteiger partial charge in [-0.1, -0.05) is 37.3 Å². The van der Waals surface area contributed by atoms with Crippen molar-refractivity contribution in [3.05, 3.63) is 71.7 Å². The van der Waals surface area contributed by atoms with Gasteiger partial charge in [0.05, 0.1) is 11.6 Å². The molecule has 2 aromatic heterocycles. The molecule has 0 saturated heterocycles. The number of rotatable bonds is 4. The van der Waals surface area contributed by atoms with Crippen molar-refractivity contribution >= 4 is 10.9 Å². The molecule has 3 nitrogen and oxygen atoms in total. The highest BCUT2D eigenvalue weighted by molar-refractivity contribution is 5.82. The minimum absolute atomic E-state index is 0.113. The number of hydrogen-bond donors (Lipinski definition) is 1. The number of aromatic nitrogens is 2. The predicted octanol–water partition coefficient (Wildman–Crippen LogP) is 3.64. The number of nitrogens with one attached hydrogen (secondary N) is 1. The number of aryl methyl sites for hydroxylation is 1. The van der Waals surface area contributed by atoms with Crippen molar-refractivity contribution in [1.29, 1.82) is 0 Å². The van der Waals surface area contributed by atoms with Crippen LogP contribution in [0.25, 0.3) is 10.9 Å². The Kier molecular flexibility index (Phi) is 3.93. The van der Waals surface area contributed by atoms with E-state index < -0.39 is 0 Å². The van der Waals surface area contributed by atoms with E-state index in [2.05, 4.69) is 59.5 Å². The van der Waals surface area contributed by atoms with E-state index in [9.17, 15) is 0 Å². The van der Waals surface area contributed by atoms with Crippen LogP contribution in [0.4, 0.5) is 0 Å². The fraction of sp³-hybridized carbons (Fsp3) is 0.222. The van der Waals surface area contributed by atoms with Crippen LogP contribution in [0, 0.1) is 6.92 Å². The number of nitrogens with zero attached hydrogens (tertiary/aromatic N) is 2. The molecule has 1 unspecified atom stereocenters. The minimum atomic E-state index is 0.113. The fourth-order valence-electron chi connectivity index (χ4n) is 2.75. The average molecular weight is 277 g/mol. The number of benzene rings is 1. The lowest BCUT2D eigenvalue weighted by Gasteiger charge is -2.21. The van der Waals surface area contributed by atoms with E-state index in [4.69, 9.17) is 0 Å². The standard InChI is InChI=1S/C18H19N3/c1-3-19-18(15-10-6-11-20-13(15)2)16-9-4-7-14-8-5-12-21-17(14)16/h4-12,18-19H,3H2,1-2H3. The molecule has 0 fully saturated rings. The zero-order valence-electron chi connectivity index (χ0n) is 12.4. The van der Waals surface area contributed by atoms with Gasteiger partial charge < -0.3 is 5.32 Å². The molecule has 3 rings (SSSR count). The van der Waals surface area contributed by atoms with E-state index in [1.807, 2.05) is 24.5 Å². The van der Waals surface area contributed by atoms with Gasteiger partial charge in [-0.15, -0.1) is 0 Å². The van der Waals surface area contributed by atoms with Crippen molar-refractivity contribution in [3.63, 3.8) is 0 Å². The summed E-state index contributed by atoms with van der Waals surface area (Å²) in [6.07, 6.45) is 3.69. The highest BCUT2D eigenvalue weighted by Crippen LogP contribution is 2.28. The molecule has 0 aliphatic carbocycles. The molecule has 0 aliphatic heterocycles. The van der Waals surface area contributed by atoms with Crippen LogP contribution < -0.4 is 5.32 Å². The molecule has 0 bridgehead atoms. The van der Waals surface area contributed by atoms with E-state index in [1.165, 1.54) is 16.5 Å². The van der Waals surface area contributed by atoms with Gasteiger partial charge in [0.15, 0.2) is 0 Å². The lowest BCUT2D eigenvalue weighted by atomic mass is 9.95. The first-order valence-corrected chi connectivity index (χ1v) is 7.29. The Morgan fingerprint density at radius 3 is 2.48 bits per heavy atom. The summed E-state index contributed by atoms with van der Waals surface area (Å²) in [5, 5.41) is 4.73. The molecule has 0 amide bonds. The van der Waals surface area contributed by atoms with Gasteiger partial charge in [-0.25, -0.2) is 0 Å². The highest BCUT2D eigenvalue weighted by atomic mass is 14.9. The summed E-state index contributed by atoms with van der Waals surface area (Å²) < 4.78 is 0. The van der Waals surface area contributed by atoms with Gasteiger partial charge in [0.25, 0.3) is 0 Å². The second-order valence-electron chi connectivity index (χ2n) is 5.09. The summed E-state index contributed by atoms with van der Waals surface area (Å²) in [5.41, 5.74) is 4.51. The first-order valence-electron chi connectivity index (χ1n) is 7.29. The van der Waals surface area contributed by atoms with Crippen LogP contribution in [0.5, 0.6) is 0 Å². The van der Waals surface area contributed by atoms with E-state index in [0.717, 1.165) is 17.8 Å². The Hall–Kier alpha value is -2.26. The molecule has 1 N–H and O–H groups in total. The maximum Gasteiger partial charge on any atom is 0.0753 e. The molecule has 3 heteroatoms. The Morgan fingerprint density at radius 2 is 1.67 bits per heavy atom. The van der Waals surface area contributed by atoms with Crippen LogP contribution in [0.1, 0.15) is 29.8 Å². The van der Waals surface area contributed by atoms with Gasteiger partial charge in [0.1, 0.15) is 0 Å². The normalized spacial score (nSPS) is 12.5. The van der Waals surface area contributed by atoms with Crippen LogP contribution in [0.2, 0.25) is 0 Å². The topological polar surface area (TPSA) is 37.8 Å². The smallest absolute Gasteiger partial charge is 0.0753 e. The molecule has 0 aliphatic rings. The van der Waals surface area contributed by atoms with Crippen molar-refractivity contribution in [2.24, 2.45) is 0 Å². The van der Waals surface area contributed by atoms with Crippen LogP contribution >= 0.6 is 0 Å². The van der Waals surface area contributed by atoms with E-state index >= 15 is 0 Å². The lowest BCUT2D eigenvalue weighted by molar-refractivity contribution is 0.627. The Morgan fingerprint density at radius 1 is 0.952 bits per heavy atom. The molecule has 0 radical (unpaired) electrons. The molecule has 3 aromatic rings. The zero-order valence-corrected chi connectivity index (χ0v) is 12.4. The van der Waals surface area contributed by atoms with E-state index in [1.54, 1.807) is 0 Å². The summed E-state index contributed by atoms with van der Waals surface area (Å²) in [5.74, 6) is 0. The molecule has 1 atom stereocenters. The maximum absolute atomic E-state index is 4.58. The average Bonchev–Trinajstić information content (AvgIpc) is 2.53. The summed E-state index contributed by atoms with van der Waals surface area (Å²) in [6, 6.07) is 14.7. The monoisotopic (exact) mass is 277 g/mol. The zero-order chi connectivity index (χ0) is 14.7. The van der Waals surface area contributed by atoms with Gasteiger partial charge in [-0.2, -0.15) is 0 Å². The van der Waals surface area contributed by atoms with Crippen molar-refractivity contribution in [2.75, 3.05) is 6.54 Å². The fourth-order valence-corrected chi connectivity index (χ4v) is 2.75. The number of fused-ring (bicyclic) bond motifs is 1. The largest absolute Gasteiger partial charge is 0.306 e. The van der Waals surface area contributed by atoms with E-state index in [0.29, 0.717) is 0 Å². The van der Waals surface area contributed by atoms with Gasteiger partial charge in [0, 0.05) is 23.5 Å². The van der Waals surface area contributed by atoms with Crippen LogP contribution in [-0.2, 0) is 0 Å². The summed E-state index contributed by atoms with van der Waals surface area (Å²) >= 11 is 0. The number of para-hydroxylation sites is 1. The van der Waals surface area contributed by atoms with Crippen LogP contribution in [0.15, 0.2) is 54.9 Å². The first-order chi connectivity index (χ1) is 10.3. The predicted molar refractivity (Wildman–Crippen MR) is 86.2 cm³/mol. The minimum Gasteiger partial charge on any atom is -0.306 e. The Balaban J connectivity index is 2.19. The quantitative estimate of drug-likeness (QED) is 0.791. The van der Waals surface area contributed by atoms with Gasteiger partial charge in [-0.3, -0.25) is 9.97 Å². The van der Waals surface area contributed by atoms with Crippen molar-refractivity contribution < 1.29 is 0 Å². The maximum atomic E-state index is 4.58. The van der Waals surface area contributed by atoms with E-state index in [-0.39, 0.29) is 6.04 Å². The molecule has 0 saturated carbocycles.